The van der Waals surface area contributed by atoms with E-state index in [9.17, 15) is 0 Å². The number of hydrogen-bond donors (Lipinski definition) is 1. The summed E-state index contributed by atoms with van der Waals surface area (Å²) >= 11 is 0. The van der Waals surface area contributed by atoms with Crippen molar-refractivity contribution in [3.63, 3.8) is 0 Å². The molecule has 112 valence electrons. The van der Waals surface area contributed by atoms with Crippen molar-refractivity contribution in [1.82, 2.24) is 29.5 Å². The molecule has 4 heterocycles. The molecule has 9 heteroatoms. The second-order valence-corrected chi connectivity index (χ2v) is 4.80. The fourth-order valence-electron chi connectivity index (χ4n) is 2.29. The summed E-state index contributed by atoms with van der Waals surface area (Å²) in [6.07, 6.45) is 8.36. The molecule has 1 aliphatic rings. The van der Waals surface area contributed by atoms with Gasteiger partial charge in [0.15, 0.2) is 11.5 Å². The molecule has 3 aromatic rings. The molecule has 22 heavy (non-hydrogen) atoms. The third-order valence-corrected chi connectivity index (χ3v) is 3.39. The lowest BCUT2D eigenvalue weighted by molar-refractivity contribution is 0.122. The van der Waals surface area contributed by atoms with Crippen LogP contribution in [0.2, 0.25) is 0 Å². The quantitative estimate of drug-likeness (QED) is 0.747. The van der Waals surface area contributed by atoms with E-state index in [0.717, 1.165) is 18.8 Å². The van der Waals surface area contributed by atoms with Gasteiger partial charge < -0.3 is 15.0 Å². The van der Waals surface area contributed by atoms with Crippen LogP contribution in [0.1, 0.15) is 0 Å². The predicted molar refractivity (Wildman–Crippen MR) is 79.1 cm³/mol. The van der Waals surface area contributed by atoms with Crippen LogP contribution in [-0.4, -0.2) is 55.9 Å². The van der Waals surface area contributed by atoms with Gasteiger partial charge in [-0.2, -0.15) is 5.10 Å². The van der Waals surface area contributed by atoms with E-state index in [2.05, 4.69) is 35.3 Å². The van der Waals surface area contributed by atoms with Crippen LogP contribution in [0.5, 0.6) is 0 Å². The standard InChI is InChI=1S/C13H14N8O/c1-2-21-12(17-9-18-21)11(14-1)19-10-7-15-13(16-8-10)20-3-5-22-6-4-20/h1-2,7-9H,3-6H2,(H,14,19). The third-order valence-electron chi connectivity index (χ3n) is 3.39. The minimum Gasteiger partial charge on any atom is -0.378 e. The van der Waals surface area contributed by atoms with Crippen molar-refractivity contribution >= 4 is 23.1 Å². The molecule has 0 amide bonds. The molecule has 0 radical (unpaired) electrons. The van der Waals surface area contributed by atoms with Crippen molar-refractivity contribution in [3.8, 4) is 0 Å². The van der Waals surface area contributed by atoms with Crippen LogP contribution in [-0.2, 0) is 4.74 Å². The first-order valence-corrected chi connectivity index (χ1v) is 6.96. The Bertz CT molecular complexity index is 765. The van der Waals surface area contributed by atoms with Crippen LogP contribution in [0.25, 0.3) is 5.65 Å². The highest BCUT2D eigenvalue weighted by molar-refractivity contribution is 5.68. The highest BCUT2D eigenvalue weighted by Gasteiger charge is 2.13. The van der Waals surface area contributed by atoms with Crippen molar-refractivity contribution in [2.75, 3.05) is 36.5 Å². The minimum atomic E-state index is 0.614. The van der Waals surface area contributed by atoms with Gasteiger partial charge in [-0.15, -0.1) is 0 Å². The zero-order chi connectivity index (χ0) is 14.8. The van der Waals surface area contributed by atoms with Gasteiger partial charge in [-0.3, -0.25) is 0 Å². The number of hydrogen-bond acceptors (Lipinski definition) is 8. The van der Waals surface area contributed by atoms with Crippen LogP contribution in [0.15, 0.2) is 31.1 Å². The normalized spacial score (nSPS) is 15.2. The zero-order valence-electron chi connectivity index (χ0n) is 11.8. The molecule has 1 N–H and O–H groups in total. The smallest absolute Gasteiger partial charge is 0.225 e. The topological polar surface area (TPSA) is 93.4 Å². The number of aromatic nitrogens is 6. The summed E-state index contributed by atoms with van der Waals surface area (Å²) in [5.74, 6) is 1.32. The van der Waals surface area contributed by atoms with E-state index in [-0.39, 0.29) is 0 Å². The Kier molecular flexibility index (Phi) is 3.24. The lowest BCUT2D eigenvalue weighted by atomic mass is 10.4. The van der Waals surface area contributed by atoms with Crippen LogP contribution in [0.3, 0.4) is 0 Å². The van der Waals surface area contributed by atoms with Gasteiger partial charge in [-0.1, -0.05) is 0 Å². The fraction of sp³-hybridized carbons (Fsp3) is 0.308. The van der Waals surface area contributed by atoms with Gasteiger partial charge in [0.25, 0.3) is 0 Å². The molecule has 0 spiro atoms. The van der Waals surface area contributed by atoms with Gasteiger partial charge in [-0.05, 0) is 0 Å². The van der Waals surface area contributed by atoms with Crippen LogP contribution < -0.4 is 10.2 Å². The molecule has 0 atom stereocenters. The summed E-state index contributed by atoms with van der Waals surface area (Å²) in [5.41, 5.74) is 1.40. The van der Waals surface area contributed by atoms with E-state index in [1.807, 2.05) is 0 Å². The van der Waals surface area contributed by atoms with Gasteiger partial charge >= 0.3 is 0 Å². The highest BCUT2D eigenvalue weighted by atomic mass is 16.5. The van der Waals surface area contributed by atoms with Crippen molar-refractivity contribution in [2.45, 2.75) is 0 Å². The minimum absolute atomic E-state index is 0.614. The molecule has 0 saturated carbocycles. The summed E-state index contributed by atoms with van der Waals surface area (Å²) in [7, 11) is 0. The lowest BCUT2D eigenvalue weighted by Gasteiger charge is -2.26. The fourth-order valence-corrected chi connectivity index (χ4v) is 2.29. The number of fused-ring (bicyclic) bond motifs is 1. The second kappa shape index (κ2) is 5.53. The van der Waals surface area contributed by atoms with E-state index in [1.54, 1.807) is 29.3 Å². The predicted octanol–water partition coefficient (Wildman–Crippen LogP) is 0.494. The van der Waals surface area contributed by atoms with Crippen LogP contribution in [0, 0.1) is 0 Å². The summed E-state index contributed by atoms with van der Waals surface area (Å²) in [4.78, 5) is 19.3. The molecule has 1 saturated heterocycles. The number of nitrogens with one attached hydrogen (secondary N) is 1. The maximum atomic E-state index is 5.32. The summed E-state index contributed by atoms with van der Waals surface area (Å²) in [6, 6.07) is 0. The molecule has 0 bridgehead atoms. The first-order valence-electron chi connectivity index (χ1n) is 6.96. The number of ether oxygens (including phenoxy) is 1. The van der Waals surface area contributed by atoms with Gasteiger partial charge in [0, 0.05) is 25.5 Å². The Balaban J connectivity index is 1.54. The Morgan fingerprint density at radius 3 is 2.68 bits per heavy atom. The highest BCUT2D eigenvalue weighted by Crippen LogP contribution is 2.17. The summed E-state index contributed by atoms with van der Waals surface area (Å²) in [5, 5.41) is 7.23. The molecular formula is C13H14N8O. The van der Waals surface area contributed by atoms with Crippen molar-refractivity contribution < 1.29 is 4.74 Å². The SMILES string of the molecule is c1cn2ncnc2c(Nc2cnc(N3CCOCC3)nc2)n1. The summed E-state index contributed by atoms with van der Waals surface area (Å²) in [6.45, 7) is 3.05. The van der Waals surface area contributed by atoms with Crippen LogP contribution in [0.4, 0.5) is 17.5 Å². The van der Waals surface area contributed by atoms with Crippen molar-refractivity contribution in [2.24, 2.45) is 0 Å². The van der Waals surface area contributed by atoms with E-state index < -0.39 is 0 Å². The molecule has 0 aromatic carbocycles. The molecule has 9 nitrogen and oxygen atoms in total. The number of morpholine rings is 1. The third kappa shape index (κ3) is 2.42. The monoisotopic (exact) mass is 298 g/mol. The number of anilines is 3. The van der Waals surface area contributed by atoms with Gasteiger partial charge in [0.05, 0.1) is 31.3 Å². The zero-order valence-corrected chi connectivity index (χ0v) is 11.8. The first kappa shape index (κ1) is 12.9. The van der Waals surface area contributed by atoms with Gasteiger partial charge in [-0.25, -0.2) is 24.5 Å². The largest absolute Gasteiger partial charge is 0.378 e. The Labute approximate surface area is 126 Å². The molecule has 4 rings (SSSR count). The number of rotatable bonds is 3. The molecule has 3 aromatic heterocycles. The van der Waals surface area contributed by atoms with E-state index in [1.165, 1.54) is 6.33 Å². The van der Waals surface area contributed by atoms with Gasteiger partial charge in [0.1, 0.15) is 6.33 Å². The van der Waals surface area contributed by atoms with E-state index in [0.29, 0.717) is 30.6 Å². The van der Waals surface area contributed by atoms with Crippen molar-refractivity contribution in [3.05, 3.63) is 31.1 Å². The molecular weight excluding hydrogens is 284 g/mol. The Morgan fingerprint density at radius 1 is 1.05 bits per heavy atom. The molecule has 1 aliphatic heterocycles. The molecule has 0 aliphatic carbocycles. The molecule has 0 unspecified atom stereocenters. The molecule has 1 fully saturated rings. The summed E-state index contributed by atoms with van der Waals surface area (Å²) < 4.78 is 6.98. The average molecular weight is 298 g/mol. The lowest BCUT2D eigenvalue weighted by Crippen LogP contribution is -2.37. The maximum Gasteiger partial charge on any atom is 0.225 e. The first-order chi connectivity index (χ1) is 10.9. The van der Waals surface area contributed by atoms with Gasteiger partial charge in [0.2, 0.25) is 5.95 Å². The van der Waals surface area contributed by atoms with E-state index in [4.69, 9.17) is 4.74 Å². The average Bonchev–Trinajstić information content (AvgIpc) is 3.06. The maximum absolute atomic E-state index is 5.32. The second-order valence-electron chi connectivity index (χ2n) is 4.80. The van der Waals surface area contributed by atoms with Crippen LogP contribution >= 0.6 is 0 Å². The van der Waals surface area contributed by atoms with E-state index >= 15 is 0 Å². The van der Waals surface area contributed by atoms with Crippen molar-refractivity contribution in [1.29, 1.82) is 0 Å². The Morgan fingerprint density at radius 2 is 1.86 bits per heavy atom. The Hall–Kier alpha value is -2.81. The number of nitrogens with zero attached hydrogens (tertiary/aromatic N) is 7.